The molecule has 1 aromatic carbocycles. The van der Waals surface area contributed by atoms with Crippen LogP contribution in [-0.4, -0.2) is 17.7 Å². The zero-order chi connectivity index (χ0) is 13.7. The second-order valence-electron chi connectivity index (χ2n) is 4.40. The minimum Gasteiger partial charge on any atom is -0.492 e. The van der Waals surface area contributed by atoms with Gasteiger partial charge in [0.2, 0.25) is 0 Å². The first-order valence-electron chi connectivity index (χ1n) is 6.10. The maximum atomic E-state index is 11.3. The van der Waals surface area contributed by atoms with E-state index in [2.05, 4.69) is 0 Å². The maximum Gasteiger partial charge on any atom is 0.310 e. The highest BCUT2D eigenvalue weighted by atomic mass is 32.1. The van der Waals surface area contributed by atoms with Crippen molar-refractivity contribution in [2.45, 2.75) is 13.3 Å². The van der Waals surface area contributed by atoms with Crippen molar-refractivity contribution in [3.8, 4) is 5.75 Å². The van der Waals surface area contributed by atoms with Crippen molar-refractivity contribution >= 4 is 17.3 Å². The van der Waals surface area contributed by atoms with E-state index in [0.717, 1.165) is 16.2 Å². The number of benzene rings is 1. The molecule has 19 heavy (non-hydrogen) atoms. The van der Waals surface area contributed by atoms with E-state index in [1.54, 1.807) is 11.3 Å². The van der Waals surface area contributed by atoms with E-state index < -0.39 is 11.9 Å². The number of ether oxygens (including phenoxy) is 1. The summed E-state index contributed by atoms with van der Waals surface area (Å²) in [5.74, 6) is -0.583. The largest absolute Gasteiger partial charge is 0.492 e. The number of carboxylic acids is 1. The summed E-state index contributed by atoms with van der Waals surface area (Å²) in [5, 5.41) is 11.2. The van der Waals surface area contributed by atoms with Gasteiger partial charge in [0.15, 0.2) is 0 Å². The molecular weight excluding hydrogens is 260 g/mol. The SMILES string of the molecule is Cc1ccccc1OCC(Cc1cccs1)C(=O)O. The van der Waals surface area contributed by atoms with Gasteiger partial charge in [-0.25, -0.2) is 0 Å². The zero-order valence-electron chi connectivity index (χ0n) is 10.7. The molecular formula is C15H16O3S. The van der Waals surface area contributed by atoms with Gasteiger partial charge in [0.25, 0.3) is 0 Å². The van der Waals surface area contributed by atoms with Crippen LogP contribution in [0.1, 0.15) is 10.4 Å². The van der Waals surface area contributed by atoms with Gasteiger partial charge in [-0.2, -0.15) is 0 Å². The van der Waals surface area contributed by atoms with Crippen molar-refractivity contribution in [1.29, 1.82) is 0 Å². The highest BCUT2D eigenvalue weighted by molar-refractivity contribution is 7.09. The van der Waals surface area contributed by atoms with Gasteiger partial charge >= 0.3 is 5.97 Å². The highest BCUT2D eigenvalue weighted by Gasteiger charge is 2.19. The molecule has 100 valence electrons. The second kappa shape index (κ2) is 6.38. The molecule has 0 radical (unpaired) electrons. The van der Waals surface area contributed by atoms with E-state index in [9.17, 15) is 9.90 Å². The topological polar surface area (TPSA) is 46.5 Å². The number of thiophene rings is 1. The molecule has 1 aromatic heterocycles. The lowest BCUT2D eigenvalue weighted by Crippen LogP contribution is -2.23. The van der Waals surface area contributed by atoms with Gasteiger partial charge in [-0.15, -0.1) is 11.3 Å². The van der Waals surface area contributed by atoms with Crippen LogP contribution in [0.15, 0.2) is 41.8 Å². The molecule has 0 saturated carbocycles. The number of aliphatic carboxylic acids is 1. The van der Waals surface area contributed by atoms with Gasteiger partial charge in [0.1, 0.15) is 12.4 Å². The summed E-state index contributed by atoms with van der Waals surface area (Å²) < 4.78 is 5.63. The Morgan fingerprint density at radius 3 is 2.74 bits per heavy atom. The maximum absolute atomic E-state index is 11.3. The van der Waals surface area contributed by atoms with Crippen molar-refractivity contribution in [3.63, 3.8) is 0 Å². The normalized spacial score (nSPS) is 12.1. The molecule has 1 heterocycles. The quantitative estimate of drug-likeness (QED) is 0.879. The number of para-hydroxylation sites is 1. The first-order chi connectivity index (χ1) is 9.16. The average molecular weight is 276 g/mol. The van der Waals surface area contributed by atoms with Crippen LogP contribution in [0.25, 0.3) is 0 Å². The summed E-state index contributed by atoms with van der Waals surface area (Å²) in [4.78, 5) is 12.3. The summed E-state index contributed by atoms with van der Waals surface area (Å²) in [6.45, 7) is 2.14. The van der Waals surface area contributed by atoms with Gasteiger partial charge in [0.05, 0.1) is 5.92 Å². The number of hydrogen-bond donors (Lipinski definition) is 1. The number of carboxylic acid groups (broad SMARTS) is 1. The van der Waals surface area contributed by atoms with Crippen LogP contribution < -0.4 is 4.74 Å². The Labute approximate surface area is 116 Å². The molecule has 0 bridgehead atoms. The van der Waals surface area contributed by atoms with E-state index in [4.69, 9.17) is 4.74 Å². The van der Waals surface area contributed by atoms with Crippen molar-refractivity contribution in [2.24, 2.45) is 5.92 Å². The molecule has 0 amide bonds. The molecule has 0 saturated heterocycles. The summed E-state index contributed by atoms with van der Waals surface area (Å²) in [5.41, 5.74) is 1.02. The van der Waals surface area contributed by atoms with Crippen molar-refractivity contribution < 1.29 is 14.6 Å². The van der Waals surface area contributed by atoms with E-state index in [0.29, 0.717) is 6.42 Å². The Balaban J connectivity index is 1.98. The molecule has 1 unspecified atom stereocenters. The summed E-state index contributed by atoms with van der Waals surface area (Å²) >= 11 is 1.57. The minimum atomic E-state index is -0.818. The molecule has 0 fully saturated rings. The fourth-order valence-corrected chi connectivity index (χ4v) is 2.58. The predicted octanol–water partition coefficient (Wildman–Crippen LogP) is 3.38. The summed E-state index contributed by atoms with van der Waals surface area (Å²) in [6, 6.07) is 11.5. The molecule has 0 spiro atoms. The monoisotopic (exact) mass is 276 g/mol. The smallest absolute Gasteiger partial charge is 0.310 e. The first kappa shape index (κ1) is 13.6. The van der Waals surface area contributed by atoms with Crippen molar-refractivity contribution in [2.75, 3.05) is 6.61 Å². The molecule has 2 aromatic rings. The van der Waals surface area contributed by atoms with E-state index in [-0.39, 0.29) is 6.61 Å². The first-order valence-corrected chi connectivity index (χ1v) is 6.98. The number of hydrogen-bond acceptors (Lipinski definition) is 3. The van der Waals surface area contributed by atoms with Crippen LogP contribution in [-0.2, 0) is 11.2 Å². The van der Waals surface area contributed by atoms with Gasteiger partial charge < -0.3 is 9.84 Å². The lowest BCUT2D eigenvalue weighted by Gasteiger charge is -2.14. The Morgan fingerprint density at radius 1 is 1.32 bits per heavy atom. The molecule has 0 aliphatic heterocycles. The van der Waals surface area contributed by atoms with Crippen LogP contribution >= 0.6 is 11.3 Å². The highest BCUT2D eigenvalue weighted by Crippen LogP contribution is 2.19. The van der Waals surface area contributed by atoms with Crippen LogP contribution in [0.5, 0.6) is 5.75 Å². The van der Waals surface area contributed by atoms with Crippen molar-refractivity contribution in [1.82, 2.24) is 0 Å². The van der Waals surface area contributed by atoms with Crippen LogP contribution in [0.3, 0.4) is 0 Å². The average Bonchev–Trinajstić information content (AvgIpc) is 2.88. The summed E-state index contributed by atoms with van der Waals surface area (Å²) in [7, 11) is 0. The predicted molar refractivity (Wildman–Crippen MR) is 75.8 cm³/mol. The third-order valence-electron chi connectivity index (χ3n) is 2.91. The molecule has 2 rings (SSSR count). The third kappa shape index (κ3) is 3.83. The van der Waals surface area contributed by atoms with Crippen LogP contribution in [0.4, 0.5) is 0 Å². The standard InChI is InChI=1S/C15H16O3S/c1-11-5-2-3-7-14(11)18-10-12(15(16)17)9-13-6-4-8-19-13/h2-8,12H,9-10H2,1H3,(H,16,17). The van der Waals surface area contributed by atoms with Gasteiger partial charge in [-0.05, 0) is 36.4 Å². The second-order valence-corrected chi connectivity index (χ2v) is 5.43. The summed E-state index contributed by atoms with van der Waals surface area (Å²) in [6.07, 6.45) is 0.513. The Bertz CT molecular complexity index is 534. The fraction of sp³-hybridized carbons (Fsp3) is 0.267. The number of rotatable bonds is 6. The van der Waals surface area contributed by atoms with Gasteiger partial charge in [-0.3, -0.25) is 4.79 Å². The minimum absolute atomic E-state index is 0.193. The fourth-order valence-electron chi connectivity index (χ4n) is 1.80. The molecule has 4 heteroatoms. The van der Waals surface area contributed by atoms with E-state index in [1.807, 2.05) is 48.7 Å². The number of aryl methyl sites for hydroxylation is 1. The molecule has 1 N–H and O–H groups in total. The molecule has 1 atom stereocenters. The van der Waals surface area contributed by atoms with Gasteiger partial charge in [0, 0.05) is 4.88 Å². The van der Waals surface area contributed by atoms with Crippen LogP contribution in [0.2, 0.25) is 0 Å². The molecule has 0 aliphatic rings. The Kier molecular flexibility index (Phi) is 4.58. The van der Waals surface area contributed by atoms with E-state index in [1.165, 1.54) is 0 Å². The van der Waals surface area contributed by atoms with Gasteiger partial charge in [-0.1, -0.05) is 24.3 Å². The molecule has 0 aliphatic carbocycles. The lowest BCUT2D eigenvalue weighted by molar-refractivity contribution is -0.142. The Morgan fingerprint density at radius 2 is 2.11 bits per heavy atom. The third-order valence-corrected chi connectivity index (χ3v) is 3.81. The molecule has 3 nitrogen and oxygen atoms in total. The van der Waals surface area contributed by atoms with E-state index >= 15 is 0 Å². The lowest BCUT2D eigenvalue weighted by atomic mass is 10.1. The van der Waals surface area contributed by atoms with Crippen molar-refractivity contribution in [3.05, 3.63) is 52.2 Å². The number of carbonyl (C=O) groups is 1. The zero-order valence-corrected chi connectivity index (χ0v) is 11.5. The Hall–Kier alpha value is -1.81. The van der Waals surface area contributed by atoms with Crippen LogP contribution in [0, 0.1) is 12.8 Å².